The average Bonchev–Trinajstić information content (AvgIpc) is 3.20. The van der Waals surface area contributed by atoms with E-state index in [1.807, 2.05) is 24.3 Å². The molecule has 6 nitrogen and oxygen atoms in total. The van der Waals surface area contributed by atoms with E-state index in [1.165, 1.54) is 12.5 Å². The number of carbonyl (C=O) groups excluding carboxylic acids is 2. The molecule has 2 amide bonds. The molecule has 1 aromatic heterocycles. The Morgan fingerprint density at radius 3 is 3.08 bits per heavy atom. The predicted octanol–water partition coefficient (Wildman–Crippen LogP) is 2.38. The molecule has 1 aliphatic heterocycles. The van der Waals surface area contributed by atoms with Gasteiger partial charge < -0.3 is 14.6 Å². The summed E-state index contributed by atoms with van der Waals surface area (Å²) in [5.41, 5.74) is 1.90. The van der Waals surface area contributed by atoms with Crippen LogP contribution in [0.3, 0.4) is 0 Å². The lowest BCUT2D eigenvalue weighted by atomic mass is 9.97. The van der Waals surface area contributed by atoms with Crippen molar-refractivity contribution in [1.29, 1.82) is 0 Å². The molecule has 2 aromatic rings. The SMILES string of the molecule is C=CC(=O)N1CCC[C@@H](C(=O)NCc2cccc(-c3cnco3)c2)C1. The second-order valence-electron chi connectivity index (χ2n) is 6.11. The number of hydrogen-bond acceptors (Lipinski definition) is 4. The predicted molar refractivity (Wildman–Crippen MR) is 93.3 cm³/mol. The standard InChI is InChI=1S/C19H21N3O3/c1-2-18(23)22-8-4-7-16(12-22)19(24)21-10-14-5-3-6-15(9-14)17-11-20-13-25-17/h2-3,5-6,9,11,13,16H,1,4,7-8,10,12H2,(H,21,24)/t16-/m1/s1. The summed E-state index contributed by atoms with van der Waals surface area (Å²) in [6.07, 6.45) is 5.98. The molecule has 0 radical (unpaired) electrons. The molecule has 6 heteroatoms. The number of carbonyl (C=O) groups is 2. The van der Waals surface area contributed by atoms with Crippen molar-refractivity contribution in [3.8, 4) is 11.3 Å². The van der Waals surface area contributed by atoms with E-state index < -0.39 is 0 Å². The molecule has 1 fully saturated rings. The van der Waals surface area contributed by atoms with Crippen molar-refractivity contribution in [3.05, 3.63) is 55.1 Å². The number of likely N-dealkylation sites (tertiary alicyclic amines) is 1. The second kappa shape index (κ2) is 7.79. The lowest BCUT2D eigenvalue weighted by molar-refractivity contribution is -0.132. The van der Waals surface area contributed by atoms with Crippen LogP contribution in [-0.4, -0.2) is 34.8 Å². The van der Waals surface area contributed by atoms with Gasteiger partial charge in [-0.1, -0.05) is 24.8 Å². The Labute approximate surface area is 146 Å². The number of amides is 2. The molecule has 0 bridgehead atoms. The van der Waals surface area contributed by atoms with Gasteiger partial charge >= 0.3 is 0 Å². The van der Waals surface area contributed by atoms with Crippen LogP contribution in [0.15, 0.2) is 53.9 Å². The van der Waals surface area contributed by atoms with E-state index >= 15 is 0 Å². The van der Waals surface area contributed by atoms with Gasteiger partial charge in [-0.2, -0.15) is 0 Å². The van der Waals surface area contributed by atoms with Gasteiger partial charge in [-0.15, -0.1) is 0 Å². The summed E-state index contributed by atoms with van der Waals surface area (Å²) in [4.78, 5) is 29.8. The third-order valence-corrected chi connectivity index (χ3v) is 4.39. The molecule has 0 spiro atoms. The number of nitrogens with one attached hydrogen (secondary N) is 1. The van der Waals surface area contributed by atoms with Crippen LogP contribution in [0.2, 0.25) is 0 Å². The molecular weight excluding hydrogens is 318 g/mol. The molecular formula is C19H21N3O3. The van der Waals surface area contributed by atoms with Crippen LogP contribution in [-0.2, 0) is 16.1 Å². The van der Waals surface area contributed by atoms with E-state index in [1.54, 1.807) is 11.1 Å². The lowest BCUT2D eigenvalue weighted by Gasteiger charge is -2.31. The van der Waals surface area contributed by atoms with Gasteiger partial charge in [-0.05, 0) is 30.5 Å². The van der Waals surface area contributed by atoms with Gasteiger partial charge in [0.15, 0.2) is 12.2 Å². The van der Waals surface area contributed by atoms with Crippen molar-refractivity contribution in [2.45, 2.75) is 19.4 Å². The largest absolute Gasteiger partial charge is 0.444 e. The highest BCUT2D eigenvalue weighted by Crippen LogP contribution is 2.20. The number of oxazole rings is 1. The van der Waals surface area contributed by atoms with Crippen LogP contribution in [0.4, 0.5) is 0 Å². The van der Waals surface area contributed by atoms with Crippen molar-refractivity contribution >= 4 is 11.8 Å². The van der Waals surface area contributed by atoms with Crippen molar-refractivity contribution in [3.63, 3.8) is 0 Å². The van der Waals surface area contributed by atoms with E-state index in [2.05, 4.69) is 16.9 Å². The van der Waals surface area contributed by atoms with Gasteiger partial charge in [-0.25, -0.2) is 4.98 Å². The van der Waals surface area contributed by atoms with E-state index in [4.69, 9.17) is 4.42 Å². The minimum atomic E-state index is -0.171. The number of hydrogen-bond donors (Lipinski definition) is 1. The summed E-state index contributed by atoms with van der Waals surface area (Å²) >= 11 is 0. The Morgan fingerprint density at radius 2 is 2.32 bits per heavy atom. The van der Waals surface area contributed by atoms with Gasteiger partial charge in [0, 0.05) is 25.2 Å². The number of rotatable bonds is 5. The van der Waals surface area contributed by atoms with Gasteiger partial charge in [0.25, 0.3) is 0 Å². The summed E-state index contributed by atoms with van der Waals surface area (Å²) in [7, 11) is 0. The third-order valence-electron chi connectivity index (χ3n) is 4.39. The monoisotopic (exact) mass is 339 g/mol. The number of aromatic nitrogens is 1. The Morgan fingerprint density at radius 1 is 1.44 bits per heavy atom. The van der Waals surface area contributed by atoms with Gasteiger partial charge in [0.05, 0.1) is 12.1 Å². The Bertz CT molecular complexity index is 755. The zero-order chi connectivity index (χ0) is 17.6. The molecule has 0 unspecified atom stereocenters. The fourth-order valence-corrected chi connectivity index (χ4v) is 3.05. The Hall–Kier alpha value is -2.89. The average molecular weight is 339 g/mol. The number of benzene rings is 1. The van der Waals surface area contributed by atoms with Gasteiger partial charge in [-0.3, -0.25) is 9.59 Å². The molecule has 25 heavy (non-hydrogen) atoms. The zero-order valence-corrected chi connectivity index (χ0v) is 14.0. The molecule has 1 aliphatic rings. The summed E-state index contributed by atoms with van der Waals surface area (Å²) in [5.74, 6) is 0.387. The molecule has 2 heterocycles. The second-order valence-corrected chi connectivity index (χ2v) is 6.11. The van der Waals surface area contributed by atoms with E-state index in [0.29, 0.717) is 25.4 Å². The maximum atomic E-state index is 12.4. The lowest BCUT2D eigenvalue weighted by Crippen LogP contribution is -2.44. The van der Waals surface area contributed by atoms with Crippen LogP contribution in [0.25, 0.3) is 11.3 Å². The first-order valence-electron chi connectivity index (χ1n) is 8.34. The molecule has 0 saturated carbocycles. The van der Waals surface area contributed by atoms with Gasteiger partial charge in [0.1, 0.15) is 0 Å². The minimum Gasteiger partial charge on any atom is -0.444 e. The summed E-state index contributed by atoms with van der Waals surface area (Å²) in [5, 5.41) is 2.97. The summed E-state index contributed by atoms with van der Waals surface area (Å²) < 4.78 is 5.30. The normalized spacial score (nSPS) is 17.1. The molecule has 1 saturated heterocycles. The third kappa shape index (κ3) is 4.15. The van der Waals surface area contributed by atoms with Crippen LogP contribution < -0.4 is 5.32 Å². The number of nitrogens with zero attached hydrogens (tertiary/aromatic N) is 2. The zero-order valence-electron chi connectivity index (χ0n) is 14.0. The first kappa shape index (κ1) is 17.0. The first-order valence-corrected chi connectivity index (χ1v) is 8.34. The fourth-order valence-electron chi connectivity index (χ4n) is 3.05. The van der Waals surface area contributed by atoms with Crippen molar-refractivity contribution in [2.24, 2.45) is 5.92 Å². The molecule has 0 aliphatic carbocycles. The first-order chi connectivity index (χ1) is 12.2. The summed E-state index contributed by atoms with van der Waals surface area (Å²) in [6, 6.07) is 7.78. The fraction of sp³-hybridized carbons (Fsp3) is 0.316. The molecule has 1 aromatic carbocycles. The Kier molecular flexibility index (Phi) is 5.28. The van der Waals surface area contributed by atoms with Crippen LogP contribution in [0.5, 0.6) is 0 Å². The molecule has 1 N–H and O–H groups in total. The minimum absolute atomic E-state index is 0.0216. The van der Waals surface area contributed by atoms with E-state index in [0.717, 1.165) is 24.0 Å². The highest BCUT2D eigenvalue weighted by atomic mass is 16.3. The van der Waals surface area contributed by atoms with E-state index in [9.17, 15) is 9.59 Å². The molecule has 1 atom stereocenters. The maximum Gasteiger partial charge on any atom is 0.245 e. The summed E-state index contributed by atoms with van der Waals surface area (Å²) in [6.45, 7) is 5.09. The number of piperidine rings is 1. The highest BCUT2D eigenvalue weighted by molar-refractivity contribution is 5.88. The van der Waals surface area contributed by atoms with Crippen molar-refractivity contribution in [1.82, 2.24) is 15.2 Å². The highest BCUT2D eigenvalue weighted by Gasteiger charge is 2.27. The smallest absolute Gasteiger partial charge is 0.245 e. The van der Waals surface area contributed by atoms with Crippen LogP contribution in [0, 0.1) is 5.92 Å². The van der Waals surface area contributed by atoms with Gasteiger partial charge in [0.2, 0.25) is 11.8 Å². The quantitative estimate of drug-likeness (QED) is 0.849. The molecule has 130 valence electrons. The van der Waals surface area contributed by atoms with Crippen LogP contribution >= 0.6 is 0 Å². The topological polar surface area (TPSA) is 75.4 Å². The van der Waals surface area contributed by atoms with Crippen molar-refractivity contribution in [2.75, 3.05) is 13.1 Å². The Balaban J connectivity index is 1.58. The maximum absolute atomic E-state index is 12.4. The van der Waals surface area contributed by atoms with E-state index in [-0.39, 0.29) is 17.7 Å². The molecule has 3 rings (SSSR count). The van der Waals surface area contributed by atoms with Crippen molar-refractivity contribution < 1.29 is 14.0 Å². The van der Waals surface area contributed by atoms with Crippen LogP contribution in [0.1, 0.15) is 18.4 Å².